The maximum atomic E-state index is 12.1. The molecule has 0 fully saturated rings. The Morgan fingerprint density at radius 3 is 2.56 bits per heavy atom. The lowest BCUT2D eigenvalue weighted by Gasteiger charge is -1.97. The largest absolute Gasteiger partial charge is 0.296 e. The predicted molar refractivity (Wildman–Crippen MR) is 35.1 cm³/mol. The number of Topliss-reactive ketones (excluding diaryl/α,β-unsaturated/α-hetero) is 1. The highest BCUT2D eigenvalue weighted by Gasteiger charge is 2.08. The summed E-state index contributed by atoms with van der Waals surface area (Å²) in [6.45, 7) is 3.27. The van der Waals surface area contributed by atoms with Crippen molar-refractivity contribution in [2.45, 2.75) is 39.3 Å². The van der Waals surface area contributed by atoms with Gasteiger partial charge in [-0.25, -0.2) is 4.39 Å². The molecule has 0 rings (SSSR count). The van der Waals surface area contributed by atoms with E-state index in [4.69, 9.17) is 0 Å². The van der Waals surface area contributed by atoms with Gasteiger partial charge in [-0.2, -0.15) is 0 Å². The van der Waals surface area contributed by atoms with Gasteiger partial charge in [0.05, 0.1) is 0 Å². The quantitative estimate of drug-likeness (QED) is 0.572. The SMILES string of the molecule is CCCCC(=O)C(C)F. The molecular formula is C7H13FO. The summed E-state index contributed by atoms with van der Waals surface area (Å²) in [6.07, 6.45) is 0.899. The lowest BCUT2D eigenvalue weighted by Crippen LogP contribution is -2.10. The molecule has 0 saturated carbocycles. The number of rotatable bonds is 4. The summed E-state index contributed by atoms with van der Waals surface area (Å²) < 4.78 is 12.1. The van der Waals surface area contributed by atoms with E-state index < -0.39 is 6.17 Å². The van der Waals surface area contributed by atoms with Gasteiger partial charge in [0.15, 0.2) is 12.0 Å². The maximum absolute atomic E-state index is 12.1. The molecule has 2 heteroatoms. The van der Waals surface area contributed by atoms with E-state index in [2.05, 4.69) is 0 Å². The molecule has 0 amide bonds. The molecule has 0 N–H and O–H groups in total. The molecule has 0 heterocycles. The van der Waals surface area contributed by atoms with E-state index >= 15 is 0 Å². The van der Waals surface area contributed by atoms with Crippen LogP contribution in [0.15, 0.2) is 0 Å². The first-order valence-corrected chi connectivity index (χ1v) is 3.35. The van der Waals surface area contributed by atoms with E-state index in [0.717, 1.165) is 12.8 Å². The summed E-state index contributed by atoms with van der Waals surface area (Å²) in [6, 6.07) is 0. The summed E-state index contributed by atoms with van der Waals surface area (Å²) in [4.78, 5) is 10.5. The third kappa shape index (κ3) is 4.13. The molecule has 0 bridgehead atoms. The first kappa shape index (κ1) is 8.60. The Hall–Kier alpha value is -0.400. The van der Waals surface area contributed by atoms with Crippen LogP contribution in [0.1, 0.15) is 33.1 Å². The van der Waals surface area contributed by atoms with Gasteiger partial charge >= 0.3 is 0 Å². The summed E-state index contributed by atoms with van der Waals surface area (Å²) in [7, 11) is 0. The van der Waals surface area contributed by atoms with Crippen molar-refractivity contribution in [3.8, 4) is 0 Å². The van der Waals surface area contributed by atoms with Crippen LogP contribution in [-0.2, 0) is 4.79 Å². The second-order valence-electron chi connectivity index (χ2n) is 2.19. The van der Waals surface area contributed by atoms with Crippen molar-refractivity contribution in [1.82, 2.24) is 0 Å². The molecule has 54 valence electrons. The number of unbranched alkanes of at least 4 members (excludes halogenated alkanes) is 1. The van der Waals surface area contributed by atoms with Gasteiger partial charge in [0.25, 0.3) is 0 Å². The van der Waals surface area contributed by atoms with E-state index in [1.807, 2.05) is 6.92 Å². The monoisotopic (exact) mass is 132 g/mol. The molecule has 0 spiro atoms. The summed E-state index contributed by atoms with van der Waals surface area (Å²) >= 11 is 0. The van der Waals surface area contributed by atoms with E-state index in [1.54, 1.807) is 0 Å². The molecule has 0 aliphatic rings. The van der Waals surface area contributed by atoms with Crippen LogP contribution in [0.3, 0.4) is 0 Å². The Morgan fingerprint density at radius 2 is 2.22 bits per heavy atom. The van der Waals surface area contributed by atoms with Crippen LogP contribution in [0.2, 0.25) is 0 Å². The molecule has 0 aromatic heterocycles. The fraction of sp³-hybridized carbons (Fsp3) is 0.857. The van der Waals surface area contributed by atoms with E-state index in [1.165, 1.54) is 6.92 Å². The predicted octanol–water partition coefficient (Wildman–Crippen LogP) is 2.10. The van der Waals surface area contributed by atoms with E-state index in [9.17, 15) is 9.18 Å². The minimum Gasteiger partial charge on any atom is -0.296 e. The fourth-order valence-corrected chi connectivity index (χ4v) is 0.550. The molecule has 1 nitrogen and oxygen atoms in total. The van der Waals surface area contributed by atoms with Crippen molar-refractivity contribution in [2.75, 3.05) is 0 Å². The number of hydrogen-bond acceptors (Lipinski definition) is 1. The third-order valence-electron chi connectivity index (χ3n) is 1.22. The molecule has 0 aromatic rings. The van der Waals surface area contributed by atoms with Gasteiger partial charge in [0.1, 0.15) is 0 Å². The Balaban J connectivity index is 3.28. The minimum absolute atomic E-state index is 0.267. The third-order valence-corrected chi connectivity index (χ3v) is 1.22. The molecular weight excluding hydrogens is 119 g/mol. The van der Waals surface area contributed by atoms with Gasteiger partial charge in [-0.15, -0.1) is 0 Å². The lowest BCUT2D eigenvalue weighted by molar-refractivity contribution is -0.123. The Morgan fingerprint density at radius 1 is 1.67 bits per heavy atom. The van der Waals surface area contributed by atoms with Crippen LogP contribution >= 0.6 is 0 Å². The first-order chi connectivity index (χ1) is 4.18. The van der Waals surface area contributed by atoms with Gasteiger partial charge in [-0.3, -0.25) is 4.79 Å². The molecule has 0 radical (unpaired) electrons. The second kappa shape index (κ2) is 4.48. The maximum Gasteiger partial charge on any atom is 0.166 e. The van der Waals surface area contributed by atoms with Crippen LogP contribution in [0, 0.1) is 0 Å². The molecule has 0 saturated heterocycles. The fourth-order valence-electron chi connectivity index (χ4n) is 0.550. The minimum atomic E-state index is -1.27. The van der Waals surface area contributed by atoms with Crippen LogP contribution in [0.5, 0.6) is 0 Å². The molecule has 1 unspecified atom stereocenters. The van der Waals surface area contributed by atoms with Crippen molar-refractivity contribution < 1.29 is 9.18 Å². The van der Waals surface area contributed by atoms with Gasteiger partial charge in [-0.1, -0.05) is 13.3 Å². The molecule has 9 heavy (non-hydrogen) atoms. The van der Waals surface area contributed by atoms with Crippen molar-refractivity contribution in [3.63, 3.8) is 0 Å². The van der Waals surface area contributed by atoms with Crippen LogP contribution in [0.4, 0.5) is 4.39 Å². The normalized spacial score (nSPS) is 13.2. The molecule has 0 aliphatic carbocycles. The summed E-state index contributed by atoms with van der Waals surface area (Å²) in [5.74, 6) is -0.267. The standard InChI is InChI=1S/C7H13FO/c1-3-4-5-7(9)6(2)8/h6H,3-5H2,1-2H3. The number of halogens is 1. The smallest absolute Gasteiger partial charge is 0.166 e. The van der Waals surface area contributed by atoms with Gasteiger partial charge < -0.3 is 0 Å². The van der Waals surface area contributed by atoms with E-state index in [0.29, 0.717) is 6.42 Å². The Kier molecular flexibility index (Phi) is 4.28. The van der Waals surface area contributed by atoms with Crippen LogP contribution in [0.25, 0.3) is 0 Å². The number of carbonyl (C=O) groups is 1. The van der Waals surface area contributed by atoms with Crippen LogP contribution < -0.4 is 0 Å². The average Bonchev–Trinajstić information content (AvgIpc) is 1.82. The lowest BCUT2D eigenvalue weighted by atomic mass is 10.1. The zero-order valence-corrected chi connectivity index (χ0v) is 5.98. The van der Waals surface area contributed by atoms with Gasteiger partial charge in [0.2, 0.25) is 0 Å². The zero-order valence-electron chi connectivity index (χ0n) is 5.98. The summed E-state index contributed by atoms with van der Waals surface area (Å²) in [5, 5.41) is 0. The Bertz CT molecular complexity index is 88.9. The number of hydrogen-bond donors (Lipinski definition) is 0. The first-order valence-electron chi connectivity index (χ1n) is 3.35. The van der Waals surface area contributed by atoms with Crippen molar-refractivity contribution >= 4 is 5.78 Å². The Labute approximate surface area is 55.3 Å². The zero-order chi connectivity index (χ0) is 7.28. The van der Waals surface area contributed by atoms with Crippen LogP contribution in [-0.4, -0.2) is 12.0 Å². The highest BCUT2D eigenvalue weighted by Crippen LogP contribution is 2.00. The highest BCUT2D eigenvalue weighted by atomic mass is 19.1. The number of alkyl halides is 1. The van der Waals surface area contributed by atoms with Gasteiger partial charge in [0, 0.05) is 6.42 Å². The second-order valence-corrected chi connectivity index (χ2v) is 2.19. The molecule has 0 aliphatic heterocycles. The van der Waals surface area contributed by atoms with Crippen molar-refractivity contribution in [2.24, 2.45) is 0 Å². The topological polar surface area (TPSA) is 17.1 Å². The summed E-state index contributed by atoms with van der Waals surface area (Å²) in [5.41, 5.74) is 0. The van der Waals surface area contributed by atoms with Crippen molar-refractivity contribution in [1.29, 1.82) is 0 Å². The van der Waals surface area contributed by atoms with Gasteiger partial charge in [-0.05, 0) is 13.3 Å². The van der Waals surface area contributed by atoms with Crippen molar-refractivity contribution in [3.05, 3.63) is 0 Å². The van der Waals surface area contributed by atoms with E-state index in [-0.39, 0.29) is 5.78 Å². The highest BCUT2D eigenvalue weighted by molar-refractivity contribution is 5.82. The molecule has 0 aromatic carbocycles. The molecule has 1 atom stereocenters. The number of ketones is 1. The average molecular weight is 132 g/mol. The number of carbonyl (C=O) groups excluding carboxylic acids is 1.